The Morgan fingerprint density at radius 2 is 1.68 bits per heavy atom. The summed E-state index contributed by atoms with van der Waals surface area (Å²) < 4.78 is 0. The van der Waals surface area contributed by atoms with Crippen molar-refractivity contribution in [3.05, 3.63) is 0 Å². The number of rotatable bonds is 1. The molecule has 4 aliphatic carbocycles. The molecule has 4 rings (SSSR count). The first-order valence-corrected chi connectivity index (χ1v) is 10.0. The van der Waals surface area contributed by atoms with Crippen molar-refractivity contribution in [3.63, 3.8) is 0 Å². The summed E-state index contributed by atoms with van der Waals surface area (Å²) in [5.74, 6) is 6.73. The highest BCUT2D eigenvalue weighted by Gasteiger charge is 2.57. The Hall–Kier alpha value is -0.330. The van der Waals surface area contributed by atoms with Crippen molar-refractivity contribution in [1.82, 2.24) is 0 Å². The summed E-state index contributed by atoms with van der Waals surface area (Å²) in [5, 5.41) is 0. The van der Waals surface area contributed by atoms with Gasteiger partial charge in [0, 0.05) is 5.92 Å². The smallest absolute Gasteiger partial charge is 0.133 e. The van der Waals surface area contributed by atoms with E-state index >= 15 is 0 Å². The molecule has 1 heteroatoms. The molecule has 0 heterocycles. The number of carbonyl (C=O) groups excluding carboxylic acids is 1. The maximum atomic E-state index is 12.1. The van der Waals surface area contributed by atoms with Crippen molar-refractivity contribution in [1.29, 1.82) is 0 Å². The fourth-order valence-electron chi connectivity index (χ4n) is 7.76. The fourth-order valence-corrected chi connectivity index (χ4v) is 7.76. The van der Waals surface area contributed by atoms with E-state index in [1.54, 1.807) is 0 Å². The molecule has 0 aliphatic heterocycles. The minimum atomic E-state index is 0.349. The van der Waals surface area contributed by atoms with Crippen LogP contribution in [0.4, 0.5) is 0 Å². The molecule has 0 saturated heterocycles. The Morgan fingerprint density at radius 3 is 2.45 bits per heavy atom. The molecule has 0 amide bonds. The van der Waals surface area contributed by atoms with E-state index in [1.165, 1.54) is 57.8 Å². The van der Waals surface area contributed by atoms with E-state index in [0.717, 1.165) is 35.5 Å². The molecule has 124 valence electrons. The number of fused-ring (bicyclic) bond motifs is 5. The van der Waals surface area contributed by atoms with Gasteiger partial charge in [-0.3, -0.25) is 4.79 Å². The van der Waals surface area contributed by atoms with Gasteiger partial charge in [0.1, 0.15) is 5.78 Å². The molecule has 4 saturated carbocycles. The zero-order valence-electron chi connectivity index (χ0n) is 14.8. The van der Waals surface area contributed by atoms with Gasteiger partial charge in [-0.1, -0.05) is 20.3 Å². The Morgan fingerprint density at radius 1 is 0.909 bits per heavy atom. The van der Waals surface area contributed by atoms with E-state index in [2.05, 4.69) is 13.8 Å². The van der Waals surface area contributed by atoms with Crippen LogP contribution >= 0.6 is 0 Å². The summed E-state index contributed by atoms with van der Waals surface area (Å²) in [6.45, 7) is 6.79. The lowest BCUT2D eigenvalue weighted by molar-refractivity contribution is -0.128. The summed E-state index contributed by atoms with van der Waals surface area (Å²) in [6.07, 6.45) is 12.7. The summed E-state index contributed by atoms with van der Waals surface area (Å²) >= 11 is 0. The van der Waals surface area contributed by atoms with Crippen molar-refractivity contribution >= 4 is 5.78 Å². The zero-order valence-corrected chi connectivity index (χ0v) is 14.8. The number of carbonyl (C=O) groups is 1. The molecule has 0 N–H and O–H groups in total. The Balaban J connectivity index is 1.56. The van der Waals surface area contributed by atoms with Crippen LogP contribution in [0.15, 0.2) is 0 Å². The molecule has 0 aromatic heterocycles. The molecular weight excluding hydrogens is 268 g/mol. The molecule has 4 aliphatic rings. The molecule has 0 spiro atoms. The van der Waals surface area contributed by atoms with Crippen LogP contribution in [-0.4, -0.2) is 5.78 Å². The van der Waals surface area contributed by atoms with Gasteiger partial charge >= 0.3 is 0 Å². The van der Waals surface area contributed by atoms with E-state index in [4.69, 9.17) is 0 Å². The number of Topliss-reactive ketones (excluding diaryl/α,β-unsaturated/α-hetero) is 1. The van der Waals surface area contributed by atoms with Crippen LogP contribution in [0.1, 0.15) is 78.6 Å². The molecule has 8 atom stereocenters. The lowest BCUT2D eigenvalue weighted by Crippen LogP contribution is -2.49. The quantitative estimate of drug-likeness (QED) is 0.627. The van der Waals surface area contributed by atoms with Crippen LogP contribution in [-0.2, 0) is 4.79 Å². The topological polar surface area (TPSA) is 17.1 Å². The maximum Gasteiger partial charge on any atom is 0.133 e. The largest absolute Gasteiger partial charge is 0.300 e. The van der Waals surface area contributed by atoms with Crippen LogP contribution in [0.25, 0.3) is 0 Å². The van der Waals surface area contributed by atoms with Gasteiger partial charge in [-0.15, -0.1) is 0 Å². The first-order chi connectivity index (χ1) is 10.5. The Kier molecular flexibility index (Phi) is 3.70. The maximum absolute atomic E-state index is 12.1. The summed E-state index contributed by atoms with van der Waals surface area (Å²) in [4.78, 5) is 12.1. The predicted molar refractivity (Wildman–Crippen MR) is 90.4 cm³/mol. The molecule has 0 aromatic carbocycles. The second-order valence-corrected chi connectivity index (χ2v) is 9.64. The van der Waals surface area contributed by atoms with E-state index in [1.807, 2.05) is 6.92 Å². The monoisotopic (exact) mass is 302 g/mol. The van der Waals surface area contributed by atoms with Gasteiger partial charge in [0.25, 0.3) is 0 Å². The third kappa shape index (κ3) is 2.13. The zero-order chi connectivity index (χ0) is 15.5. The van der Waals surface area contributed by atoms with Gasteiger partial charge in [0.05, 0.1) is 0 Å². The predicted octanol–water partition coefficient (Wildman–Crippen LogP) is 5.48. The van der Waals surface area contributed by atoms with Crippen molar-refractivity contribution in [2.75, 3.05) is 0 Å². The Bertz CT molecular complexity index is 455. The van der Waals surface area contributed by atoms with Crippen LogP contribution in [0.5, 0.6) is 0 Å². The van der Waals surface area contributed by atoms with Crippen LogP contribution < -0.4 is 0 Å². The van der Waals surface area contributed by atoms with Crippen LogP contribution in [0.2, 0.25) is 0 Å². The molecule has 0 bridgehead atoms. The average Bonchev–Trinajstić information content (AvgIpc) is 2.84. The highest BCUT2D eigenvalue weighted by molar-refractivity contribution is 5.79. The molecule has 4 fully saturated rings. The summed E-state index contributed by atoms with van der Waals surface area (Å²) in [7, 11) is 0. The lowest BCUT2D eigenvalue weighted by atomic mass is 9.49. The molecule has 1 nitrogen and oxygen atoms in total. The first-order valence-electron chi connectivity index (χ1n) is 10.0. The third-order valence-electron chi connectivity index (χ3n) is 8.71. The molecular formula is C21H34O. The van der Waals surface area contributed by atoms with Crippen molar-refractivity contribution in [3.8, 4) is 0 Å². The second-order valence-electron chi connectivity index (χ2n) is 9.64. The lowest BCUT2D eigenvalue weighted by Gasteiger charge is -2.56. The SMILES string of the molecule is CC(=O)[C@H]1CCC2C3CCC4C[C@@H](C)CC[C@@H]4C3CC[C@@]21C. The van der Waals surface area contributed by atoms with Gasteiger partial charge in [0.15, 0.2) is 0 Å². The van der Waals surface area contributed by atoms with Gasteiger partial charge in [-0.05, 0) is 99.2 Å². The van der Waals surface area contributed by atoms with E-state index in [-0.39, 0.29) is 0 Å². The highest BCUT2D eigenvalue weighted by atomic mass is 16.1. The highest BCUT2D eigenvalue weighted by Crippen LogP contribution is 2.64. The van der Waals surface area contributed by atoms with Crippen molar-refractivity contribution in [2.45, 2.75) is 78.6 Å². The third-order valence-corrected chi connectivity index (χ3v) is 8.71. The van der Waals surface area contributed by atoms with Gasteiger partial charge < -0.3 is 0 Å². The minimum absolute atomic E-state index is 0.349. The minimum Gasteiger partial charge on any atom is -0.300 e. The fraction of sp³-hybridized carbons (Fsp3) is 0.952. The van der Waals surface area contributed by atoms with Crippen molar-refractivity contribution in [2.24, 2.45) is 46.8 Å². The van der Waals surface area contributed by atoms with Gasteiger partial charge in [-0.2, -0.15) is 0 Å². The van der Waals surface area contributed by atoms with Gasteiger partial charge in [0.2, 0.25) is 0 Å². The molecule has 4 unspecified atom stereocenters. The average molecular weight is 303 g/mol. The van der Waals surface area contributed by atoms with Gasteiger partial charge in [-0.25, -0.2) is 0 Å². The van der Waals surface area contributed by atoms with E-state index in [0.29, 0.717) is 17.1 Å². The second kappa shape index (κ2) is 5.35. The molecule has 0 radical (unpaired) electrons. The number of hydrogen-bond donors (Lipinski definition) is 0. The summed E-state index contributed by atoms with van der Waals surface area (Å²) in [5.41, 5.74) is 0.349. The van der Waals surface area contributed by atoms with E-state index in [9.17, 15) is 4.79 Å². The van der Waals surface area contributed by atoms with E-state index < -0.39 is 0 Å². The van der Waals surface area contributed by atoms with Crippen LogP contribution in [0.3, 0.4) is 0 Å². The normalized spacial score (nSPS) is 54.2. The molecule has 0 aromatic rings. The molecule has 22 heavy (non-hydrogen) atoms. The van der Waals surface area contributed by atoms with Crippen molar-refractivity contribution < 1.29 is 4.79 Å². The standard InChI is InChI=1S/C21H34O/c1-13-4-6-16-15(12-13)5-7-18-17(16)10-11-21(3)19(14(2)22)8-9-20(18)21/h13,15-20H,4-12H2,1-3H3/t13-,15?,16-,17?,18?,19+,20?,21+/m0/s1. The van der Waals surface area contributed by atoms with Crippen LogP contribution in [0, 0.1) is 46.8 Å². The summed E-state index contributed by atoms with van der Waals surface area (Å²) in [6, 6.07) is 0. The first kappa shape index (κ1) is 15.2. The number of ketones is 1. The Labute approximate surface area is 136 Å². The number of hydrogen-bond acceptors (Lipinski definition) is 1.